The smallest absolute Gasteiger partial charge is 0.0462 e. The number of nitrogens with zero attached hydrogens (tertiary/aromatic N) is 1. The third-order valence-corrected chi connectivity index (χ3v) is 1.84. The first-order chi connectivity index (χ1) is 5.66. The average molecular weight is 194 g/mol. The van der Waals surface area contributed by atoms with Gasteiger partial charge in [-0.2, -0.15) is 0 Å². The Bertz CT molecular complexity index is 98.5. The van der Waals surface area contributed by atoms with Crippen LogP contribution < -0.4 is 0 Å². The van der Waals surface area contributed by atoms with Gasteiger partial charge in [0.1, 0.15) is 0 Å². The van der Waals surface area contributed by atoms with Crippen LogP contribution in [0, 0.1) is 0 Å². The molecule has 0 saturated heterocycles. The molecule has 0 N–H and O–H groups in total. The zero-order valence-corrected chi connectivity index (χ0v) is 9.10. The zero-order valence-electron chi connectivity index (χ0n) is 8.35. The summed E-state index contributed by atoms with van der Waals surface area (Å²) in [4.78, 5) is 2.26. The maximum absolute atomic E-state index is 5.85. The summed E-state index contributed by atoms with van der Waals surface area (Å²) in [7, 11) is 3.84. The minimum atomic E-state index is 0.248. The quantitative estimate of drug-likeness (QED) is 0.453. The van der Waals surface area contributed by atoms with Crippen LogP contribution in [0.5, 0.6) is 0 Å². The van der Waals surface area contributed by atoms with Gasteiger partial charge in [0.05, 0.1) is 0 Å². The van der Waals surface area contributed by atoms with E-state index in [2.05, 4.69) is 11.9 Å². The number of hydrogen-bond acceptors (Lipinski definition) is 2. The van der Waals surface area contributed by atoms with Crippen LogP contribution in [-0.2, 0) is 4.74 Å². The van der Waals surface area contributed by atoms with Gasteiger partial charge in [0.15, 0.2) is 0 Å². The van der Waals surface area contributed by atoms with E-state index in [4.69, 9.17) is 16.3 Å². The van der Waals surface area contributed by atoms with Gasteiger partial charge in [-0.25, -0.2) is 0 Å². The van der Waals surface area contributed by atoms with Gasteiger partial charge in [-0.1, -0.05) is 0 Å². The summed E-state index contributed by atoms with van der Waals surface area (Å²) in [5.74, 6) is 0. The minimum absolute atomic E-state index is 0.248. The molecule has 0 spiro atoms. The Morgan fingerprint density at radius 1 is 1.42 bits per heavy atom. The van der Waals surface area contributed by atoms with Crippen molar-refractivity contribution in [2.75, 3.05) is 33.9 Å². The van der Waals surface area contributed by atoms with Crippen molar-refractivity contribution < 1.29 is 4.74 Å². The summed E-state index contributed by atoms with van der Waals surface area (Å²) in [6, 6.07) is 0. The summed E-state index contributed by atoms with van der Waals surface area (Å²) in [5.41, 5.74) is 0. The standard InChI is InChI=1S/C9H20ClNO/c1-9(10)8-11(2)6-4-5-7-12-3/h9H,4-8H2,1-3H3. The van der Waals surface area contributed by atoms with Crippen molar-refractivity contribution in [3.63, 3.8) is 0 Å². The van der Waals surface area contributed by atoms with Crippen LogP contribution in [-0.4, -0.2) is 44.1 Å². The summed E-state index contributed by atoms with van der Waals surface area (Å²) in [6.07, 6.45) is 2.32. The SMILES string of the molecule is COCCCCN(C)CC(C)Cl. The second-order valence-corrected chi connectivity index (χ2v) is 3.99. The van der Waals surface area contributed by atoms with Crippen molar-refractivity contribution in [2.45, 2.75) is 25.1 Å². The molecule has 0 radical (unpaired) electrons. The number of hydrogen-bond donors (Lipinski definition) is 0. The van der Waals surface area contributed by atoms with Crippen molar-refractivity contribution in [3.8, 4) is 0 Å². The van der Waals surface area contributed by atoms with Crippen molar-refractivity contribution in [1.82, 2.24) is 4.90 Å². The van der Waals surface area contributed by atoms with Crippen molar-refractivity contribution in [1.29, 1.82) is 0 Å². The molecule has 0 aliphatic carbocycles. The monoisotopic (exact) mass is 193 g/mol. The fraction of sp³-hybridized carbons (Fsp3) is 1.00. The number of ether oxygens (including phenoxy) is 1. The summed E-state index contributed by atoms with van der Waals surface area (Å²) < 4.78 is 4.96. The highest BCUT2D eigenvalue weighted by Crippen LogP contribution is 1.98. The first-order valence-electron chi connectivity index (χ1n) is 4.48. The molecular formula is C9H20ClNO. The van der Waals surface area contributed by atoms with Gasteiger partial charge >= 0.3 is 0 Å². The maximum Gasteiger partial charge on any atom is 0.0462 e. The molecule has 3 heteroatoms. The van der Waals surface area contributed by atoms with E-state index < -0.39 is 0 Å². The topological polar surface area (TPSA) is 12.5 Å². The van der Waals surface area contributed by atoms with Crippen LogP contribution in [0.4, 0.5) is 0 Å². The third-order valence-electron chi connectivity index (χ3n) is 1.70. The number of halogens is 1. The second kappa shape index (κ2) is 7.84. The lowest BCUT2D eigenvalue weighted by Gasteiger charge is -2.17. The molecule has 2 nitrogen and oxygen atoms in total. The lowest BCUT2D eigenvalue weighted by atomic mass is 10.3. The lowest BCUT2D eigenvalue weighted by molar-refractivity contribution is 0.187. The predicted octanol–water partition coefficient (Wildman–Crippen LogP) is 1.97. The Hall–Kier alpha value is 0.210. The van der Waals surface area contributed by atoms with E-state index >= 15 is 0 Å². The van der Waals surface area contributed by atoms with Gasteiger partial charge in [-0.15, -0.1) is 11.6 Å². The highest BCUT2D eigenvalue weighted by atomic mass is 35.5. The second-order valence-electron chi connectivity index (χ2n) is 3.24. The summed E-state index contributed by atoms with van der Waals surface area (Å²) in [6.45, 7) is 4.96. The normalized spacial score (nSPS) is 13.8. The van der Waals surface area contributed by atoms with Gasteiger partial charge in [-0.05, 0) is 33.4 Å². The Morgan fingerprint density at radius 3 is 2.58 bits per heavy atom. The average Bonchev–Trinajstić information content (AvgIpc) is 1.97. The fourth-order valence-electron chi connectivity index (χ4n) is 1.15. The molecule has 0 heterocycles. The highest BCUT2D eigenvalue weighted by Gasteiger charge is 2.01. The van der Waals surface area contributed by atoms with E-state index in [-0.39, 0.29) is 5.38 Å². The Balaban J connectivity index is 3.14. The number of rotatable bonds is 7. The molecular weight excluding hydrogens is 174 g/mol. The van der Waals surface area contributed by atoms with Crippen molar-refractivity contribution in [3.05, 3.63) is 0 Å². The molecule has 0 aromatic carbocycles. The Morgan fingerprint density at radius 2 is 2.08 bits per heavy atom. The number of methoxy groups -OCH3 is 1. The first-order valence-corrected chi connectivity index (χ1v) is 4.92. The van der Waals surface area contributed by atoms with E-state index in [1.165, 1.54) is 6.42 Å². The molecule has 74 valence electrons. The van der Waals surface area contributed by atoms with Gasteiger partial charge in [0.25, 0.3) is 0 Å². The molecule has 1 unspecified atom stereocenters. The van der Waals surface area contributed by atoms with Crippen LogP contribution in [0.2, 0.25) is 0 Å². The van der Waals surface area contributed by atoms with Gasteiger partial charge in [0, 0.05) is 25.6 Å². The predicted molar refractivity (Wildman–Crippen MR) is 53.9 cm³/mol. The number of alkyl halides is 1. The van der Waals surface area contributed by atoms with Gasteiger partial charge < -0.3 is 9.64 Å². The fourth-order valence-corrected chi connectivity index (χ4v) is 1.38. The van der Waals surface area contributed by atoms with E-state index in [0.29, 0.717) is 0 Å². The van der Waals surface area contributed by atoms with Gasteiger partial charge in [-0.3, -0.25) is 0 Å². The third kappa shape index (κ3) is 8.31. The first kappa shape index (κ1) is 12.2. The van der Waals surface area contributed by atoms with E-state index in [1.807, 2.05) is 6.92 Å². The molecule has 0 aromatic heterocycles. The Labute approximate surface area is 80.8 Å². The molecule has 0 fully saturated rings. The Kier molecular flexibility index (Phi) is 7.98. The minimum Gasteiger partial charge on any atom is -0.385 e. The van der Waals surface area contributed by atoms with Crippen LogP contribution >= 0.6 is 11.6 Å². The van der Waals surface area contributed by atoms with E-state index in [9.17, 15) is 0 Å². The molecule has 0 saturated carbocycles. The highest BCUT2D eigenvalue weighted by molar-refractivity contribution is 6.20. The molecule has 1 atom stereocenters. The lowest BCUT2D eigenvalue weighted by Crippen LogP contribution is -2.25. The van der Waals surface area contributed by atoms with Crippen LogP contribution in [0.3, 0.4) is 0 Å². The van der Waals surface area contributed by atoms with Crippen LogP contribution in [0.25, 0.3) is 0 Å². The van der Waals surface area contributed by atoms with E-state index in [1.54, 1.807) is 7.11 Å². The molecule has 0 aliphatic heterocycles. The van der Waals surface area contributed by atoms with Crippen LogP contribution in [0.1, 0.15) is 19.8 Å². The molecule has 0 amide bonds. The molecule has 12 heavy (non-hydrogen) atoms. The number of unbranched alkanes of at least 4 members (excludes halogenated alkanes) is 1. The van der Waals surface area contributed by atoms with Gasteiger partial charge in [0.2, 0.25) is 0 Å². The zero-order chi connectivity index (χ0) is 9.40. The maximum atomic E-state index is 5.85. The largest absolute Gasteiger partial charge is 0.385 e. The molecule has 0 bridgehead atoms. The molecule has 0 aromatic rings. The van der Waals surface area contributed by atoms with E-state index in [0.717, 1.165) is 26.1 Å². The molecule has 0 rings (SSSR count). The van der Waals surface area contributed by atoms with Crippen LogP contribution in [0.15, 0.2) is 0 Å². The van der Waals surface area contributed by atoms with Crippen molar-refractivity contribution >= 4 is 11.6 Å². The van der Waals surface area contributed by atoms with Crippen molar-refractivity contribution in [2.24, 2.45) is 0 Å². The summed E-state index contributed by atoms with van der Waals surface area (Å²) in [5, 5.41) is 0.248. The summed E-state index contributed by atoms with van der Waals surface area (Å²) >= 11 is 5.85. The molecule has 0 aliphatic rings.